The molecule has 1 saturated heterocycles. The van der Waals surface area contributed by atoms with E-state index in [-0.39, 0.29) is 47.8 Å². The molecule has 0 spiro atoms. The number of ketones is 1. The van der Waals surface area contributed by atoms with Crippen LogP contribution in [0.3, 0.4) is 0 Å². The van der Waals surface area contributed by atoms with Gasteiger partial charge in [0.2, 0.25) is 10.0 Å². The number of piperazine rings is 1. The third-order valence-corrected chi connectivity index (χ3v) is 7.77. The summed E-state index contributed by atoms with van der Waals surface area (Å²) in [5.41, 5.74) is 0.132. The second-order valence-corrected chi connectivity index (χ2v) is 10.8. The van der Waals surface area contributed by atoms with Crippen LogP contribution < -0.4 is 5.56 Å². The van der Waals surface area contributed by atoms with Gasteiger partial charge in [-0.3, -0.25) is 14.4 Å². The number of amides is 1. The fourth-order valence-electron chi connectivity index (χ4n) is 4.23. The summed E-state index contributed by atoms with van der Waals surface area (Å²) < 4.78 is 26.9. The highest BCUT2D eigenvalue weighted by Gasteiger charge is 2.34. The smallest absolute Gasteiger partial charge is 0.261 e. The number of aromatic amines is 1. The minimum Gasteiger partial charge on any atom is -0.336 e. The largest absolute Gasteiger partial charge is 0.336 e. The fourth-order valence-corrected chi connectivity index (χ4v) is 5.67. The van der Waals surface area contributed by atoms with Crippen LogP contribution in [0.2, 0.25) is 0 Å². The number of carbonyl (C=O) groups excluding carboxylic acids is 2. The third kappa shape index (κ3) is 4.07. The molecule has 2 aliphatic rings. The van der Waals surface area contributed by atoms with Crippen molar-refractivity contribution in [3.05, 3.63) is 63.6 Å². The van der Waals surface area contributed by atoms with E-state index >= 15 is 0 Å². The predicted molar refractivity (Wildman–Crippen MR) is 115 cm³/mol. The molecule has 1 N–H and O–H groups in total. The second kappa shape index (κ2) is 7.72. The molecule has 0 radical (unpaired) electrons. The number of nitrogens with one attached hydrogen (secondary N) is 1. The van der Waals surface area contributed by atoms with Crippen molar-refractivity contribution in [1.29, 1.82) is 0 Å². The molecule has 1 aromatic heterocycles. The van der Waals surface area contributed by atoms with Crippen molar-refractivity contribution in [2.45, 2.75) is 31.6 Å². The van der Waals surface area contributed by atoms with E-state index in [9.17, 15) is 22.8 Å². The summed E-state index contributed by atoms with van der Waals surface area (Å²) in [5.74, 6) is -0.575. The molecule has 0 unspecified atom stereocenters. The van der Waals surface area contributed by atoms with Crippen molar-refractivity contribution >= 4 is 21.7 Å². The highest BCUT2D eigenvalue weighted by atomic mass is 32.2. The number of benzene rings is 1. The topological polar surface area (TPSA) is 108 Å². The fraction of sp³-hybridized carbons (Fsp3) is 0.409. The first-order chi connectivity index (χ1) is 14.6. The van der Waals surface area contributed by atoms with Crippen molar-refractivity contribution in [2.24, 2.45) is 5.41 Å². The first-order valence-corrected chi connectivity index (χ1v) is 11.7. The summed E-state index contributed by atoms with van der Waals surface area (Å²) >= 11 is 0. The molecule has 1 aliphatic carbocycles. The van der Waals surface area contributed by atoms with Crippen molar-refractivity contribution < 1.29 is 18.0 Å². The summed E-state index contributed by atoms with van der Waals surface area (Å²) in [5, 5.41) is 0. The summed E-state index contributed by atoms with van der Waals surface area (Å²) in [4.78, 5) is 42.5. The minimum absolute atomic E-state index is 0.0776. The maximum absolute atomic E-state index is 13.0. The normalized spacial score (nSPS) is 19.2. The van der Waals surface area contributed by atoms with Crippen molar-refractivity contribution in [3.63, 3.8) is 0 Å². The third-order valence-electron chi connectivity index (χ3n) is 5.85. The van der Waals surface area contributed by atoms with Crippen LogP contribution in [-0.2, 0) is 16.4 Å². The van der Waals surface area contributed by atoms with Crippen LogP contribution in [0.15, 0.2) is 46.1 Å². The zero-order chi connectivity index (χ0) is 22.4. The SMILES string of the molecule is CC1(C)CC(=O)c2cc(C(=O)N3CCN(S(=O)(=O)c4ccccc4)CC3)c(=O)[nH]c2C1. The lowest BCUT2D eigenvalue weighted by Crippen LogP contribution is -2.51. The van der Waals surface area contributed by atoms with Crippen LogP contribution >= 0.6 is 0 Å². The number of sulfonamides is 1. The van der Waals surface area contributed by atoms with E-state index in [1.54, 1.807) is 18.2 Å². The molecule has 0 saturated carbocycles. The lowest BCUT2D eigenvalue weighted by molar-refractivity contribution is 0.0696. The summed E-state index contributed by atoms with van der Waals surface area (Å²) in [6, 6.07) is 9.56. The first kappa shape index (κ1) is 21.5. The Morgan fingerprint density at radius 1 is 1.00 bits per heavy atom. The molecule has 1 aromatic carbocycles. The Bertz CT molecular complexity index is 1190. The number of aromatic nitrogens is 1. The molecular formula is C22H25N3O5S. The van der Waals surface area contributed by atoms with Crippen LogP contribution in [0.25, 0.3) is 0 Å². The minimum atomic E-state index is -3.63. The standard InChI is InChI=1S/C22H25N3O5S/c1-22(2)13-18-16(19(26)14-22)12-17(20(27)23-18)21(28)24-8-10-25(11-9-24)31(29,30)15-6-4-3-5-7-15/h3-7,12H,8-11,13-14H2,1-2H3,(H,23,27). The highest BCUT2D eigenvalue weighted by Crippen LogP contribution is 2.33. The maximum atomic E-state index is 13.0. The number of rotatable bonds is 3. The summed E-state index contributed by atoms with van der Waals surface area (Å²) in [6.07, 6.45) is 0.920. The molecule has 0 bridgehead atoms. The van der Waals surface area contributed by atoms with Gasteiger partial charge in [0.15, 0.2) is 5.78 Å². The van der Waals surface area contributed by atoms with Gasteiger partial charge in [-0.2, -0.15) is 4.31 Å². The van der Waals surface area contributed by atoms with Gasteiger partial charge in [-0.25, -0.2) is 8.42 Å². The Hall–Kier alpha value is -2.78. The number of carbonyl (C=O) groups is 2. The van der Waals surface area contributed by atoms with Crippen molar-refractivity contribution in [2.75, 3.05) is 26.2 Å². The van der Waals surface area contributed by atoms with E-state index in [2.05, 4.69) is 4.98 Å². The molecule has 2 heterocycles. The lowest BCUT2D eigenvalue weighted by atomic mass is 9.75. The number of fused-ring (bicyclic) bond motifs is 1. The Balaban J connectivity index is 1.52. The van der Waals surface area contributed by atoms with Gasteiger partial charge in [0, 0.05) is 43.9 Å². The van der Waals surface area contributed by atoms with Crippen LogP contribution in [0.4, 0.5) is 0 Å². The van der Waals surface area contributed by atoms with E-state index in [1.807, 2.05) is 13.8 Å². The number of nitrogens with zero attached hydrogens (tertiary/aromatic N) is 2. The molecular weight excluding hydrogens is 418 g/mol. The van der Waals surface area contributed by atoms with E-state index in [0.717, 1.165) is 0 Å². The second-order valence-electron chi connectivity index (χ2n) is 8.85. The number of hydrogen-bond acceptors (Lipinski definition) is 5. The average molecular weight is 444 g/mol. The van der Waals surface area contributed by atoms with Gasteiger partial charge in [-0.05, 0) is 30.0 Å². The van der Waals surface area contributed by atoms with Gasteiger partial charge >= 0.3 is 0 Å². The van der Waals surface area contributed by atoms with Crippen molar-refractivity contribution in [1.82, 2.24) is 14.2 Å². The molecule has 2 aromatic rings. The first-order valence-electron chi connectivity index (χ1n) is 10.2. The number of pyridine rings is 1. The molecule has 1 fully saturated rings. The zero-order valence-corrected chi connectivity index (χ0v) is 18.4. The zero-order valence-electron chi connectivity index (χ0n) is 17.6. The molecule has 8 nitrogen and oxygen atoms in total. The van der Waals surface area contributed by atoms with E-state index in [0.29, 0.717) is 24.1 Å². The predicted octanol–water partition coefficient (Wildman–Crippen LogP) is 1.68. The molecule has 1 aliphatic heterocycles. The Kier molecular flexibility index (Phi) is 5.35. The van der Waals surface area contributed by atoms with Gasteiger partial charge in [0.25, 0.3) is 11.5 Å². The maximum Gasteiger partial charge on any atom is 0.261 e. The quantitative estimate of drug-likeness (QED) is 0.777. The van der Waals surface area contributed by atoms with Gasteiger partial charge < -0.3 is 9.88 Å². The average Bonchev–Trinajstić information content (AvgIpc) is 2.73. The van der Waals surface area contributed by atoms with Gasteiger partial charge in [-0.1, -0.05) is 32.0 Å². The molecule has 4 rings (SSSR count). The van der Waals surface area contributed by atoms with Gasteiger partial charge in [0.05, 0.1) is 4.90 Å². The van der Waals surface area contributed by atoms with E-state index in [4.69, 9.17) is 0 Å². The van der Waals surface area contributed by atoms with Gasteiger partial charge in [-0.15, -0.1) is 0 Å². The number of Topliss-reactive ketones (excluding diaryl/α,β-unsaturated/α-hetero) is 1. The van der Waals surface area contributed by atoms with Crippen molar-refractivity contribution in [3.8, 4) is 0 Å². The van der Waals surface area contributed by atoms with Gasteiger partial charge in [0.1, 0.15) is 5.56 Å². The number of hydrogen-bond donors (Lipinski definition) is 1. The Morgan fingerprint density at radius 2 is 1.65 bits per heavy atom. The highest BCUT2D eigenvalue weighted by molar-refractivity contribution is 7.89. The van der Waals surface area contributed by atoms with Crippen LogP contribution in [0.1, 0.15) is 46.7 Å². The summed E-state index contributed by atoms with van der Waals surface area (Å²) in [6.45, 7) is 4.55. The van der Waals surface area contributed by atoms with E-state index < -0.39 is 21.5 Å². The Labute approximate surface area is 180 Å². The molecule has 164 valence electrons. The monoisotopic (exact) mass is 443 g/mol. The van der Waals surface area contributed by atoms with Crippen LogP contribution in [0.5, 0.6) is 0 Å². The van der Waals surface area contributed by atoms with Crippen LogP contribution in [0, 0.1) is 5.41 Å². The molecule has 0 atom stereocenters. The molecule has 31 heavy (non-hydrogen) atoms. The van der Waals surface area contributed by atoms with Crippen LogP contribution in [-0.4, -0.2) is 60.5 Å². The van der Waals surface area contributed by atoms with E-state index in [1.165, 1.54) is 27.4 Å². The molecule has 1 amide bonds. The number of H-pyrrole nitrogens is 1. The molecule has 9 heteroatoms. The Morgan fingerprint density at radius 3 is 2.29 bits per heavy atom. The summed E-state index contributed by atoms with van der Waals surface area (Å²) in [7, 11) is -3.63. The lowest BCUT2D eigenvalue weighted by Gasteiger charge is -2.34.